The highest BCUT2D eigenvalue weighted by atomic mass is 16.6. The van der Waals surface area contributed by atoms with E-state index in [4.69, 9.17) is 48.1 Å². The second-order valence-corrected chi connectivity index (χ2v) is 23.0. The Kier molecular flexibility index (Phi) is 25.6. The Morgan fingerprint density at radius 1 is 0.477 bits per heavy atom. The number of ether oxygens (including phenoxy) is 7. The first kappa shape index (κ1) is 67.1. The van der Waals surface area contributed by atoms with E-state index in [0.29, 0.717) is 120 Å². The number of amides is 1. The monoisotopic (exact) mass is 1200 g/mol. The van der Waals surface area contributed by atoms with Crippen LogP contribution in [0.15, 0.2) is 109 Å². The number of methoxy groups -OCH3 is 3. The van der Waals surface area contributed by atoms with Crippen LogP contribution in [0.1, 0.15) is 99.7 Å². The van der Waals surface area contributed by atoms with Crippen LogP contribution in [0.2, 0.25) is 0 Å². The number of carbonyl (C=O) groups excluding carboxylic acids is 4. The Balaban J connectivity index is 1.14. The average Bonchev–Trinajstić information content (AvgIpc) is 3.67. The highest BCUT2D eigenvalue weighted by molar-refractivity contribution is 5.90. The first-order valence-electron chi connectivity index (χ1n) is 29.7. The van der Waals surface area contributed by atoms with Gasteiger partial charge in [0.15, 0.2) is 0 Å². The molecule has 88 heavy (non-hydrogen) atoms. The molecule has 7 rings (SSSR count). The van der Waals surface area contributed by atoms with Gasteiger partial charge in [-0.05, 0) is 175 Å². The molecule has 1 aliphatic rings. The van der Waals surface area contributed by atoms with Crippen LogP contribution in [0.5, 0.6) is 17.2 Å². The molecule has 3 aromatic carbocycles. The molecule has 0 unspecified atom stereocenters. The number of esters is 3. The molecular weight excluding hydrogens is 1120 g/mol. The number of nitrogens with one attached hydrogen (secondary N) is 1. The molecule has 0 radical (unpaired) electrons. The lowest BCUT2D eigenvalue weighted by atomic mass is 10.0. The Hall–Kier alpha value is -8.45. The zero-order valence-corrected chi connectivity index (χ0v) is 52.7. The van der Waals surface area contributed by atoms with Gasteiger partial charge in [0.05, 0.1) is 58.2 Å². The van der Waals surface area contributed by atoms with Crippen molar-refractivity contribution >= 4 is 24.0 Å². The molecule has 3 aromatic heterocycles. The molecule has 0 aliphatic carbocycles. The third kappa shape index (κ3) is 22.4. The topological polar surface area (TPSA) is 200 Å². The summed E-state index contributed by atoms with van der Waals surface area (Å²) < 4.78 is 38.9. The molecule has 1 N–H and O–H groups in total. The van der Waals surface area contributed by atoms with Crippen LogP contribution >= 0.6 is 0 Å². The first-order chi connectivity index (χ1) is 42.3. The van der Waals surface area contributed by atoms with Crippen LogP contribution in [-0.2, 0) is 38.6 Å². The fourth-order valence-corrected chi connectivity index (χ4v) is 9.56. The molecule has 1 fully saturated rings. The van der Waals surface area contributed by atoms with Crippen molar-refractivity contribution in [2.75, 3.05) is 128 Å². The number of nitrogens with zero attached hydrogens (tertiary/aromatic N) is 8. The van der Waals surface area contributed by atoms with Gasteiger partial charge in [0, 0.05) is 89.7 Å². The molecule has 4 heterocycles. The third-order valence-electron chi connectivity index (χ3n) is 14.0. The zero-order chi connectivity index (χ0) is 63.0. The van der Waals surface area contributed by atoms with Crippen molar-refractivity contribution in [1.29, 1.82) is 0 Å². The van der Waals surface area contributed by atoms with Crippen molar-refractivity contribution in [2.45, 2.75) is 65.3 Å². The maximum Gasteiger partial charge on any atom is 0.407 e. The van der Waals surface area contributed by atoms with Gasteiger partial charge in [-0.15, -0.1) is 0 Å². The summed E-state index contributed by atoms with van der Waals surface area (Å²) in [5.41, 5.74) is 6.67. The van der Waals surface area contributed by atoms with Gasteiger partial charge in [-0.2, -0.15) is 0 Å². The van der Waals surface area contributed by atoms with E-state index in [9.17, 15) is 19.2 Å². The van der Waals surface area contributed by atoms with Crippen LogP contribution < -0.4 is 19.5 Å². The zero-order valence-electron chi connectivity index (χ0n) is 52.7. The van der Waals surface area contributed by atoms with E-state index in [1.165, 1.54) is 21.3 Å². The predicted octanol–water partition coefficient (Wildman–Crippen LogP) is 8.74. The lowest BCUT2D eigenvalue weighted by Gasteiger charge is -2.26. The Morgan fingerprint density at radius 2 is 0.841 bits per heavy atom. The Labute approximate surface area is 518 Å². The van der Waals surface area contributed by atoms with E-state index in [2.05, 4.69) is 41.7 Å². The molecule has 20 nitrogen and oxygen atoms in total. The fraction of sp³-hybridized carbons (Fsp3) is 0.426. The Morgan fingerprint density at radius 3 is 1.23 bits per heavy atom. The van der Waals surface area contributed by atoms with E-state index >= 15 is 0 Å². The van der Waals surface area contributed by atoms with Crippen LogP contribution in [0.3, 0.4) is 0 Å². The number of benzene rings is 3. The third-order valence-corrected chi connectivity index (χ3v) is 14.0. The average molecular weight is 1200 g/mol. The minimum absolute atomic E-state index is 0.130. The first-order valence-corrected chi connectivity index (χ1v) is 29.7. The highest BCUT2D eigenvalue weighted by Crippen LogP contribution is 2.28. The van der Waals surface area contributed by atoms with Gasteiger partial charge in [-0.1, -0.05) is 36.1 Å². The summed E-state index contributed by atoms with van der Waals surface area (Å²) in [5.74, 6) is 6.98. The maximum atomic E-state index is 13.2. The number of hydrogen-bond donors (Lipinski definition) is 1. The van der Waals surface area contributed by atoms with E-state index in [1.807, 2.05) is 140 Å². The molecule has 1 saturated heterocycles. The van der Waals surface area contributed by atoms with Crippen LogP contribution in [0.4, 0.5) is 4.79 Å². The van der Waals surface area contributed by atoms with E-state index in [-0.39, 0.29) is 17.1 Å². The molecular formula is C68H85N9O11. The van der Waals surface area contributed by atoms with Crippen LogP contribution in [0, 0.1) is 11.8 Å². The van der Waals surface area contributed by atoms with Gasteiger partial charge in [-0.3, -0.25) is 14.7 Å². The standard InChI is InChI=1S/C68H85N9O11/c1-68(2,3)88-67(81)69-28-11-37-85-58-22-16-49(17-23-58)14-15-50-40-55(70-61(41-50)64(78)82-8)46-75-31-33-76(47-56-42-53(44-62(71-56)65(79)83-9)51-18-24-59(25-19-51)86-38-12-29-73(4)5)35-36-77(34-32-75)48-57-43-54(45-63(72-57)66(80)84-10)52-20-26-60(27-21-52)87-39-13-30-74(6)7/h16-27,40-45H,11-13,28-39,46-48H2,1-10H3,(H,69,81). The highest BCUT2D eigenvalue weighted by Gasteiger charge is 2.23. The van der Waals surface area contributed by atoms with Crippen molar-refractivity contribution in [1.82, 2.24) is 44.8 Å². The molecule has 0 spiro atoms. The number of alkyl carbamates (subject to hydrolysis) is 1. The smallest absolute Gasteiger partial charge is 0.407 e. The van der Waals surface area contributed by atoms with Crippen molar-refractivity contribution in [3.05, 3.63) is 154 Å². The molecule has 0 saturated carbocycles. The summed E-state index contributed by atoms with van der Waals surface area (Å²) in [4.78, 5) is 77.3. The van der Waals surface area contributed by atoms with Gasteiger partial charge in [0.1, 0.15) is 39.9 Å². The number of hydrogen-bond acceptors (Lipinski definition) is 19. The number of rotatable bonds is 26. The summed E-state index contributed by atoms with van der Waals surface area (Å²) in [5, 5.41) is 2.74. The van der Waals surface area contributed by atoms with Crippen molar-refractivity contribution in [3.63, 3.8) is 0 Å². The molecule has 0 atom stereocenters. The number of carbonyl (C=O) groups is 4. The van der Waals surface area contributed by atoms with Crippen LogP contribution in [-0.4, -0.2) is 197 Å². The lowest BCUT2D eigenvalue weighted by Crippen LogP contribution is -2.36. The van der Waals surface area contributed by atoms with E-state index in [1.54, 1.807) is 18.2 Å². The molecule has 20 heteroatoms. The Bertz CT molecular complexity index is 3170. The predicted molar refractivity (Wildman–Crippen MR) is 338 cm³/mol. The fourth-order valence-electron chi connectivity index (χ4n) is 9.56. The largest absolute Gasteiger partial charge is 0.494 e. The number of pyridine rings is 3. The second kappa shape index (κ2) is 33.6. The summed E-state index contributed by atoms with van der Waals surface area (Å²) in [6.45, 7) is 14.1. The maximum absolute atomic E-state index is 13.2. The lowest BCUT2D eigenvalue weighted by molar-refractivity contribution is 0.0522. The summed E-state index contributed by atoms with van der Waals surface area (Å²) in [6, 6.07) is 34.1. The molecule has 1 amide bonds. The summed E-state index contributed by atoms with van der Waals surface area (Å²) in [7, 11) is 12.2. The van der Waals surface area contributed by atoms with E-state index in [0.717, 1.165) is 65.2 Å². The SMILES string of the molecule is COC(=O)c1cc(C#Cc2ccc(OCCCNC(=O)OC(C)(C)C)cc2)cc(CN2CCN(Cc3cc(-c4ccc(OCCCN(C)C)cc4)cc(C(=O)OC)n3)CCN(Cc3cc(-c4ccc(OCCCN(C)C)cc4)cc(C(=O)OC)n3)CC2)n1. The number of aromatic nitrogens is 3. The molecule has 1 aliphatic heterocycles. The van der Waals surface area contributed by atoms with Gasteiger partial charge in [0.25, 0.3) is 0 Å². The van der Waals surface area contributed by atoms with E-state index < -0.39 is 29.6 Å². The van der Waals surface area contributed by atoms with Gasteiger partial charge in [0.2, 0.25) is 0 Å². The van der Waals surface area contributed by atoms with Crippen molar-refractivity contribution < 1.29 is 52.3 Å². The van der Waals surface area contributed by atoms with Crippen molar-refractivity contribution in [3.8, 4) is 51.3 Å². The van der Waals surface area contributed by atoms with Gasteiger partial charge < -0.3 is 48.3 Å². The van der Waals surface area contributed by atoms with Gasteiger partial charge in [-0.25, -0.2) is 34.1 Å². The minimum Gasteiger partial charge on any atom is -0.494 e. The van der Waals surface area contributed by atoms with Crippen LogP contribution in [0.25, 0.3) is 22.3 Å². The molecule has 468 valence electrons. The summed E-state index contributed by atoms with van der Waals surface area (Å²) in [6.07, 6.45) is 1.92. The molecule has 6 aromatic rings. The van der Waals surface area contributed by atoms with Gasteiger partial charge >= 0.3 is 24.0 Å². The second-order valence-electron chi connectivity index (χ2n) is 23.0. The summed E-state index contributed by atoms with van der Waals surface area (Å²) >= 11 is 0. The molecule has 0 bridgehead atoms. The minimum atomic E-state index is -0.587. The normalized spacial score (nSPS) is 13.3. The van der Waals surface area contributed by atoms with Crippen molar-refractivity contribution in [2.24, 2.45) is 0 Å². The quantitative estimate of drug-likeness (QED) is 0.0234.